The maximum atomic E-state index is 12.0. The molecular weight excluding hydrogens is 244 g/mol. The van der Waals surface area contributed by atoms with Gasteiger partial charge in [-0.1, -0.05) is 30.3 Å². The van der Waals surface area contributed by atoms with Crippen molar-refractivity contribution in [1.82, 2.24) is 0 Å². The maximum Gasteiger partial charge on any atom is 0.347 e. The minimum atomic E-state index is -0.624. The van der Waals surface area contributed by atoms with Crippen molar-refractivity contribution >= 4 is 5.97 Å². The van der Waals surface area contributed by atoms with Crippen molar-refractivity contribution in [2.45, 2.75) is 0 Å². The van der Waals surface area contributed by atoms with E-state index < -0.39 is 5.97 Å². The lowest BCUT2D eigenvalue weighted by molar-refractivity contribution is 0.0729. The van der Waals surface area contributed by atoms with Crippen LogP contribution in [0.2, 0.25) is 0 Å². The van der Waals surface area contributed by atoms with E-state index in [9.17, 15) is 9.59 Å². The Bertz CT molecular complexity index is 649. The van der Waals surface area contributed by atoms with Crippen LogP contribution in [0.1, 0.15) is 10.4 Å². The SMILES string of the molecule is COc1ccccc1C(=O)Oc1cccccc1=O. The Morgan fingerprint density at radius 1 is 0.895 bits per heavy atom. The molecule has 0 amide bonds. The van der Waals surface area contributed by atoms with Gasteiger partial charge in [0.05, 0.1) is 7.11 Å². The van der Waals surface area contributed by atoms with Gasteiger partial charge in [-0.25, -0.2) is 4.79 Å². The van der Waals surface area contributed by atoms with Gasteiger partial charge < -0.3 is 9.47 Å². The van der Waals surface area contributed by atoms with Crippen LogP contribution < -0.4 is 14.9 Å². The lowest BCUT2D eigenvalue weighted by atomic mass is 10.2. The number of carbonyl (C=O) groups is 1. The largest absolute Gasteiger partial charge is 0.496 e. The van der Waals surface area contributed by atoms with Crippen molar-refractivity contribution in [1.29, 1.82) is 0 Å². The summed E-state index contributed by atoms with van der Waals surface area (Å²) >= 11 is 0. The maximum absolute atomic E-state index is 12.0. The van der Waals surface area contributed by atoms with E-state index in [1.165, 1.54) is 19.2 Å². The zero-order valence-corrected chi connectivity index (χ0v) is 10.3. The number of rotatable bonds is 3. The molecule has 0 fully saturated rings. The first-order chi connectivity index (χ1) is 9.22. The van der Waals surface area contributed by atoms with Gasteiger partial charge in [0.1, 0.15) is 11.3 Å². The molecule has 19 heavy (non-hydrogen) atoms. The topological polar surface area (TPSA) is 52.6 Å². The van der Waals surface area contributed by atoms with Gasteiger partial charge in [-0.2, -0.15) is 0 Å². The van der Waals surface area contributed by atoms with Crippen LogP contribution in [-0.4, -0.2) is 13.1 Å². The Kier molecular flexibility index (Phi) is 3.93. The molecule has 0 aliphatic rings. The van der Waals surface area contributed by atoms with Crippen LogP contribution in [0, 0.1) is 0 Å². The van der Waals surface area contributed by atoms with E-state index in [0.717, 1.165) is 0 Å². The van der Waals surface area contributed by atoms with Crippen LogP contribution in [-0.2, 0) is 0 Å². The predicted molar refractivity (Wildman–Crippen MR) is 70.7 cm³/mol. The summed E-state index contributed by atoms with van der Waals surface area (Å²) in [6.45, 7) is 0. The van der Waals surface area contributed by atoms with Crippen LogP contribution in [0.4, 0.5) is 0 Å². The first kappa shape index (κ1) is 12.8. The molecule has 0 saturated carbocycles. The molecule has 0 aromatic heterocycles. The van der Waals surface area contributed by atoms with Crippen LogP contribution in [0.15, 0.2) is 59.4 Å². The summed E-state index contributed by atoms with van der Waals surface area (Å²) in [5.41, 5.74) is -0.0795. The summed E-state index contributed by atoms with van der Waals surface area (Å²) in [6, 6.07) is 14.4. The third-order valence-electron chi connectivity index (χ3n) is 2.49. The molecule has 4 heteroatoms. The minimum Gasteiger partial charge on any atom is -0.496 e. The molecule has 2 aromatic rings. The summed E-state index contributed by atoms with van der Waals surface area (Å²) in [4.78, 5) is 23.6. The summed E-state index contributed by atoms with van der Waals surface area (Å²) < 4.78 is 10.2. The highest BCUT2D eigenvalue weighted by Crippen LogP contribution is 2.18. The fourth-order valence-electron chi connectivity index (χ4n) is 1.57. The fourth-order valence-corrected chi connectivity index (χ4v) is 1.57. The lowest BCUT2D eigenvalue weighted by Crippen LogP contribution is -2.14. The van der Waals surface area contributed by atoms with Gasteiger partial charge in [-0.05, 0) is 24.3 Å². The Morgan fingerprint density at radius 3 is 2.32 bits per heavy atom. The summed E-state index contributed by atoms with van der Waals surface area (Å²) in [7, 11) is 1.47. The van der Waals surface area contributed by atoms with Crippen LogP contribution in [0.25, 0.3) is 0 Å². The van der Waals surface area contributed by atoms with E-state index in [4.69, 9.17) is 9.47 Å². The number of hydrogen-bond donors (Lipinski definition) is 0. The van der Waals surface area contributed by atoms with Gasteiger partial charge in [0.2, 0.25) is 5.43 Å². The molecule has 0 aliphatic heterocycles. The zero-order valence-electron chi connectivity index (χ0n) is 10.3. The highest BCUT2D eigenvalue weighted by atomic mass is 16.5. The number of esters is 1. The average molecular weight is 256 g/mol. The average Bonchev–Trinajstić information content (AvgIpc) is 2.64. The molecule has 2 rings (SSSR count). The van der Waals surface area contributed by atoms with Crippen LogP contribution in [0.5, 0.6) is 11.5 Å². The molecule has 0 saturated heterocycles. The van der Waals surface area contributed by atoms with Gasteiger partial charge in [-0.15, -0.1) is 0 Å². The molecule has 0 N–H and O–H groups in total. The van der Waals surface area contributed by atoms with E-state index >= 15 is 0 Å². The van der Waals surface area contributed by atoms with Crippen molar-refractivity contribution < 1.29 is 14.3 Å². The van der Waals surface area contributed by atoms with Crippen LogP contribution in [0.3, 0.4) is 0 Å². The third-order valence-corrected chi connectivity index (χ3v) is 2.49. The second-order valence-electron chi connectivity index (χ2n) is 3.73. The molecule has 96 valence electrons. The molecule has 0 spiro atoms. The Hall–Kier alpha value is -2.62. The van der Waals surface area contributed by atoms with E-state index in [-0.39, 0.29) is 16.7 Å². The van der Waals surface area contributed by atoms with Crippen molar-refractivity contribution in [2.24, 2.45) is 0 Å². The van der Waals surface area contributed by atoms with Crippen molar-refractivity contribution in [3.8, 4) is 11.5 Å². The summed E-state index contributed by atoms with van der Waals surface area (Å²) in [5.74, 6) is -0.234. The van der Waals surface area contributed by atoms with Crippen molar-refractivity contribution in [3.05, 3.63) is 70.4 Å². The summed E-state index contributed by atoms with van der Waals surface area (Å²) in [5, 5.41) is 0. The van der Waals surface area contributed by atoms with Gasteiger partial charge >= 0.3 is 5.97 Å². The van der Waals surface area contributed by atoms with Gasteiger partial charge in [0.15, 0.2) is 5.75 Å². The second-order valence-corrected chi connectivity index (χ2v) is 3.73. The quantitative estimate of drug-likeness (QED) is 0.790. The Labute approximate surface area is 110 Å². The van der Waals surface area contributed by atoms with Gasteiger partial charge in [0, 0.05) is 0 Å². The normalized spacial score (nSPS) is 9.74. The lowest BCUT2D eigenvalue weighted by Gasteiger charge is -2.06. The molecule has 2 aromatic carbocycles. The van der Waals surface area contributed by atoms with Gasteiger partial charge in [0.25, 0.3) is 0 Å². The number of benzene rings is 1. The molecular formula is C15H12O4. The number of carbonyl (C=O) groups excluding carboxylic acids is 1. The molecule has 0 atom stereocenters. The first-order valence-corrected chi connectivity index (χ1v) is 5.67. The minimum absolute atomic E-state index is 0.0130. The second kappa shape index (κ2) is 5.82. The number of hydrogen-bond acceptors (Lipinski definition) is 4. The standard InChI is InChI=1S/C15H12O4/c1-18-13-9-6-5-7-11(13)15(17)19-14-10-4-2-3-8-12(14)16/h2-10H,1H3. The number of ether oxygens (including phenoxy) is 2. The Balaban J connectivity index is 2.32. The third kappa shape index (κ3) is 2.98. The molecule has 0 heterocycles. The molecule has 4 nitrogen and oxygen atoms in total. The number of methoxy groups -OCH3 is 1. The highest BCUT2D eigenvalue weighted by Gasteiger charge is 2.14. The van der Waals surface area contributed by atoms with E-state index in [2.05, 4.69) is 0 Å². The summed E-state index contributed by atoms with van der Waals surface area (Å²) in [6.07, 6.45) is 0. The monoisotopic (exact) mass is 256 g/mol. The van der Waals surface area contributed by atoms with Crippen molar-refractivity contribution in [2.75, 3.05) is 7.11 Å². The zero-order chi connectivity index (χ0) is 13.7. The van der Waals surface area contributed by atoms with E-state index in [1.807, 2.05) is 0 Å². The van der Waals surface area contributed by atoms with E-state index in [1.54, 1.807) is 42.5 Å². The highest BCUT2D eigenvalue weighted by molar-refractivity contribution is 5.93. The smallest absolute Gasteiger partial charge is 0.347 e. The first-order valence-electron chi connectivity index (χ1n) is 5.67. The van der Waals surface area contributed by atoms with Crippen LogP contribution >= 0.6 is 0 Å². The molecule has 0 bridgehead atoms. The molecule has 0 radical (unpaired) electrons. The Morgan fingerprint density at radius 2 is 1.53 bits per heavy atom. The fraction of sp³-hybridized carbons (Fsp3) is 0.0667. The number of para-hydroxylation sites is 1. The van der Waals surface area contributed by atoms with Crippen molar-refractivity contribution in [3.63, 3.8) is 0 Å². The molecule has 0 unspecified atom stereocenters. The van der Waals surface area contributed by atoms with E-state index in [0.29, 0.717) is 5.75 Å². The predicted octanol–water partition coefficient (Wildman–Crippen LogP) is 2.27. The van der Waals surface area contributed by atoms with Gasteiger partial charge in [-0.3, -0.25) is 4.79 Å². The molecule has 0 aliphatic carbocycles.